The van der Waals surface area contributed by atoms with E-state index in [1.54, 1.807) is 12.3 Å². The van der Waals surface area contributed by atoms with Gasteiger partial charge in [0.1, 0.15) is 5.01 Å². The molecule has 0 unspecified atom stereocenters. The van der Waals surface area contributed by atoms with Crippen LogP contribution in [0.15, 0.2) is 17.6 Å². The lowest BCUT2D eigenvalue weighted by atomic mass is 10.5. The summed E-state index contributed by atoms with van der Waals surface area (Å²) in [5.74, 6) is -0.125. The van der Waals surface area contributed by atoms with E-state index in [9.17, 15) is 4.79 Å². The maximum Gasteiger partial charge on any atom is 0.355 e. The van der Waals surface area contributed by atoms with Crippen LogP contribution >= 0.6 is 11.3 Å². The lowest BCUT2D eigenvalue weighted by Crippen LogP contribution is -2.05. The number of hydrogen-bond donors (Lipinski definition) is 2. The van der Waals surface area contributed by atoms with Crippen molar-refractivity contribution in [2.24, 2.45) is 0 Å². The Bertz CT molecular complexity index is 573. The van der Waals surface area contributed by atoms with E-state index >= 15 is 0 Å². The van der Waals surface area contributed by atoms with Crippen LogP contribution in [0.5, 0.6) is 5.88 Å². The topological polar surface area (TPSA) is 97.2 Å². The number of thiazole rings is 1. The van der Waals surface area contributed by atoms with Crippen molar-refractivity contribution in [2.75, 3.05) is 11.9 Å². The Morgan fingerprint density at radius 3 is 3.05 bits per heavy atom. The molecule has 0 aromatic carbocycles. The van der Waals surface area contributed by atoms with Crippen LogP contribution in [0.25, 0.3) is 0 Å². The third-order valence-electron chi connectivity index (χ3n) is 2.09. The predicted octanol–water partition coefficient (Wildman–Crippen LogP) is 1.64. The van der Waals surface area contributed by atoms with E-state index in [1.165, 1.54) is 16.7 Å². The zero-order valence-corrected chi connectivity index (χ0v) is 11.0. The number of rotatable bonds is 6. The normalized spacial score (nSPS) is 10.2. The zero-order valence-electron chi connectivity index (χ0n) is 10.2. The first kappa shape index (κ1) is 13.2. The highest BCUT2D eigenvalue weighted by Gasteiger charge is 2.08. The van der Waals surface area contributed by atoms with E-state index in [2.05, 4.69) is 20.3 Å². The Kier molecular flexibility index (Phi) is 4.24. The molecule has 0 atom stereocenters. The van der Waals surface area contributed by atoms with Crippen LogP contribution in [-0.4, -0.2) is 32.6 Å². The number of aromatic carboxylic acids is 1. The minimum atomic E-state index is -1.03. The van der Waals surface area contributed by atoms with Gasteiger partial charge >= 0.3 is 5.97 Å². The van der Waals surface area contributed by atoms with Crippen molar-refractivity contribution in [1.29, 1.82) is 0 Å². The van der Waals surface area contributed by atoms with Crippen LogP contribution < -0.4 is 10.1 Å². The Hall–Kier alpha value is -2.22. The molecular formula is C11H12N4O3S. The van der Waals surface area contributed by atoms with Crippen molar-refractivity contribution in [2.45, 2.75) is 13.5 Å². The average molecular weight is 280 g/mol. The van der Waals surface area contributed by atoms with E-state index in [1.807, 2.05) is 6.92 Å². The highest BCUT2D eigenvalue weighted by molar-refractivity contribution is 7.09. The van der Waals surface area contributed by atoms with Gasteiger partial charge in [-0.15, -0.1) is 11.3 Å². The number of ether oxygens (including phenoxy) is 1. The fourth-order valence-electron chi connectivity index (χ4n) is 1.30. The van der Waals surface area contributed by atoms with E-state index in [-0.39, 0.29) is 5.69 Å². The number of anilines is 1. The fraction of sp³-hybridized carbons (Fsp3) is 0.273. The molecule has 2 aromatic heterocycles. The Morgan fingerprint density at radius 1 is 1.53 bits per heavy atom. The van der Waals surface area contributed by atoms with Crippen LogP contribution in [0.2, 0.25) is 0 Å². The van der Waals surface area contributed by atoms with Crippen LogP contribution in [0.4, 0.5) is 5.95 Å². The van der Waals surface area contributed by atoms with Crippen molar-refractivity contribution >= 4 is 23.3 Å². The molecule has 0 saturated heterocycles. The van der Waals surface area contributed by atoms with Crippen molar-refractivity contribution in [3.05, 3.63) is 28.3 Å². The van der Waals surface area contributed by atoms with Gasteiger partial charge in [0.15, 0.2) is 5.69 Å². The number of hydrogen-bond acceptors (Lipinski definition) is 7. The lowest BCUT2D eigenvalue weighted by Gasteiger charge is -2.05. The largest absolute Gasteiger partial charge is 0.478 e. The second kappa shape index (κ2) is 6.10. The molecule has 2 rings (SSSR count). The van der Waals surface area contributed by atoms with E-state index in [0.29, 0.717) is 30.0 Å². The molecule has 19 heavy (non-hydrogen) atoms. The number of nitrogens with one attached hydrogen (secondary N) is 1. The first-order valence-corrected chi connectivity index (χ1v) is 6.44. The van der Waals surface area contributed by atoms with Gasteiger partial charge in [0.2, 0.25) is 11.8 Å². The molecule has 2 N–H and O–H groups in total. The Balaban J connectivity index is 1.97. The summed E-state index contributed by atoms with van der Waals surface area (Å²) in [6.45, 7) is 2.77. The molecule has 0 aliphatic heterocycles. The van der Waals surface area contributed by atoms with Crippen molar-refractivity contribution in [3.8, 4) is 5.88 Å². The average Bonchev–Trinajstić information content (AvgIpc) is 2.86. The molecule has 2 aromatic rings. The summed E-state index contributed by atoms with van der Waals surface area (Å²) >= 11 is 1.27. The summed E-state index contributed by atoms with van der Waals surface area (Å²) in [4.78, 5) is 22.8. The predicted molar refractivity (Wildman–Crippen MR) is 69.6 cm³/mol. The SMILES string of the molecule is CCOc1ccnc(NCc2nc(C(=O)O)cs2)n1. The third kappa shape index (κ3) is 3.62. The van der Waals surface area contributed by atoms with Gasteiger partial charge in [-0.25, -0.2) is 14.8 Å². The summed E-state index contributed by atoms with van der Waals surface area (Å²) in [6, 6.07) is 1.67. The zero-order chi connectivity index (χ0) is 13.7. The van der Waals surface area contributed by atoms with E-state index in [4.69, 9.17) is 9.84 Å². The molecule has 0 spiro atoms. The van der Waals surface area contributed by atoms with Crippen molar-refractivity contribution in [3.63, 3.8) is 0 Å². The highest BCUT2D eigenvalue weighted by Crippen LogP contribution is 2.13. The van der Waals surface area contributed by atoms with Gasteiger partial charge in [0.05, 0.1) is 13.2 Å². The molecule has 0 fully saturated rings. The molecular weight excluding hydrogens is 268 g/mol. The van der Waals surface area contributed by atoms with Gasteiger partial charge in [-0.2, -0.15) is 4.98 Å². The minimum Gasteiger partial charge on any atom is -0.478 e. The number of aromatic nitrogens is 3. The molecule has 2 heterocycles. The molecule has 0 amide bonds. The van der Waals surface area contributed by atoms with Crippen LogP contribution in [-0.2, 0) is 6.54 Å². The summed E-state index contributed by atoms with van der Waals surface area (Å²) < 4.78 is 5.25. The molecule has 0 radical (unpaired) electrons. The van der Waals surface area contributed by atoms with Crippen molar-refractivity contribution < 1.29 is 14.6 Å². The smallest absolute Gasteiger partial charge is 0.355 e. The second-order valence-electron chi connectivity index (χ2n) is 3.44. The summed E-state index contributed by atoms with van der Waals surface area (Å²) in [7, 11) is 0. The van der Waals surface area contributed by atoms with Gasteiger partial charge < -0.3 is 15.2 Å². The molecule has 0 aliphatic carbocycles. The van der Waals surface area contributed by atoms with E-state index < -0.39 is 5.97 Å². The summed E-state index contributed by atoms with van der Waals surface area (Å²) in [6.07, 6.45) is 1.59. The Morgan fingerprint density at radius 2 is 2.37 bits per heavy atom. The summed E-state index contributed by atoms with van der Waals surface area (Å²) in [5.41, 5.74) is 0.0470. The van der Waals surface area contributed by atoms with E-state index in [0.717, 1.165) is 0 Å². The molecule has 7 nitrogen and oxygen atoms in total. The molecule has 0 bridgehead atoms. The number of nitrogens with zero attached hydrogens (tertiary/aromatic N) is 3. The minimum absolute atomic E-state index is 0.0470. The van der Waals surface area contributed by atoms with Gasteiger partial charge in [-0.3, -0.25) is 0 Å². The maximum absolute atomic E-state index is 10.7. The van der Waals surface area contributed by atoms with Crippen LogP contribution in [0, 0.1) is 0 Å². The van der Waals surface area contributed by atoms with Gasteiger partial charge in [-0.05, 0) is 6.92 Å². The van der Waals surface area contributed by atoms with Crippen LogP contribution in [0.1, 0.15) is 22.4 Å². The Labute approximate surface area is 113 Å². The van der Waals surface area contributed by atoms with Crippen LogP contribution in [0.3, 0.4) is 0 Å². The molecule has 0 saturated carbocycles. The maximum atomic E-state index is 10.7. The molecule has 100 valence electrons. The number of carboxylic acids is 1. The standard InChI is InChI=1S/C11H12N4O3S/c1-2-18-8-3-4-12-11(15-8)13-5-9-14-7(6-19-9)10(16)17/h3-4,6H,2,5H2,1H3,(H,16,17)(H,12,13,15). The lowest BCUT2D eigenvalue weighted by molar-refractivity contribution is 0.0691. The first-order valence-electron chi connectivity index (χ1n) is 5.56. The fourth-order valence-corrected chi connectivity index (χ4v) is 2.01. The monoisotopic (exact) mass is 280 g/mol. The third-order valence-corrected chi connectivity index (χ3v) is 2.94. The first-order chi connectivity index (χ1) is 9.19. The molecule has 0 aliphatic rings. The number of carboxylic acid groups (broad SMARTS) is 1. The van der Waals surface area contributed by atoms with Gasteiger partial charge in [-0.1, -0.05) is 0 Å². The van der Waals surface area contributed by atoms with Crippen molar-refractivity contribution in [1.82, 2.24) is 15.0 Å². The summed E-state index contributed by atoms with van der Waals surface area (Å²) in [5, 5.41) is 13.9. The van der Waals surface area contributed by atoms with Gasteiger partial charge in [0, 0.05) is 17.6 Å². The quantitative estimate of drug-likeness (QED) is 0.830. The highest BCUT2D eigenvalue weighted by atomic mass is 32.1. The molecule has 8 heteroatoms. The second-order valence-corrected chi connectivity index (χ2v) is 4.38. The number of carbonyl (C=O) groups is 1. The van der Waals surface area contributed by atoms with Gasteiger partial charge in [0.25, 0.3) is 0 Å².